The summed E-state index contributed by atoms with van der Waals surface area (Å²) in [5.41, 5.74) is -4.72. The summed E-state index contributed by atoms with van der Waals surface area (Å²) >= 11 is 0. The fraction of sp³-hybridized carbons (Fsp3) is 0.231. The molecule has 0 fully saturated rings. The van der Waals surface area contributed by atoms with Crippen molar-refractivity contribution in [2.24, 2.45) is 0 Å². The summed E-state index contributed by atoms with van der Waals surface area (Å²) in [4.78, 5) is 0. The van der Waals surface area contributed by atoms with E-state index in [1.807, 2.05) is 13.0 Å². The standard InChI is InChI=1S/C13H11F3O3S/c1-2-9-7-11(19-20(17,18)13(14,15)16)8-10-5-3-4-6-12(9)10/h3-8H,2H2,1H3. The molecule has 2 aromatic rings. The van der Waals surface area contributed by atoms with Crippen LogP contribution in [0.15, 0.2) is 36.4 Å². The molecule has 0 amide bonds. The van der Waals surface area contributed by atoms with Crippen LogP contribution in [-0.2, 0) is 16.5 Å². The minimum Gasteiger partial charge on any atom is -0.376 e. The highest BCUT2D eigenvalue weighted by atomic mass is 32.2. The Bertz CT molecular complexity index is 736. The average Bonchev–Trinajstić information content (AvgIpc) is 2.36. The lowest BCUT2D eigenvalue weighted by molar-refractivity contribution is -0.0500. The molecule has 0 aliphatic heterocycles. The molecule has 2 rings (SSSR count). The van der Waals surface area contributed by atoms with Gasteiger partial charge in [-0.3, -0.25) is 0 Å². The molecule has 0 aliphatic carbocycles. The lowest BCUT2D eigenvalue weighted by Gasteiger charge is -2.12. The Labute approximate surface area is 114 Å². The number of aryl methyl sites for hydroxylation is 1. The van der Waals surface area contributed by atoms with E-state index in [0.717, 1.165) is 10.9 Å². The van der Waals surface area contributed by atoms with Gasteiger partial charge in [0.2, 0.25) is 0 Å². The lowest BCUT2D eigenvalue weighted by atomic mass is 10.0. The smallest absolute Gasteiger partial charge is 0.376 e. The summed E-state index contributed by atoms with van der Waals surface area (Å²) in [6, 6.07) is 9.60. The van der Waals surface area contributed by atoms with Crippen molar-refractivity contribution in [2.45, 2.75) is 18.9 Å². The van der Waals surface area contributed by atoms with Gasteiger partial charge in [0.25, 0.3) is 0 Å². The van der Waals surface area contributed by atoms with Crippen LogP contribution in [0.1, 0.15) is 12.5 Å². The van der Waals surface area contributed by atoms with E-state index in [4.69, 9.17) is 0 Å². The van der Waals surface area contributed by atoms with Gasteiger partial charge in [-0.15, -0.1) is 0 Å². The van der Waals surface area contributed by atoms with Crippen LogP contribution in [0.3, 0.4) is 0 Å². The molecule has 7 heteroatoms. The van der Waals surface area contributed by atoms with E-state index in [-0.39, 0.29) is 5.75 Å². The zero-order chi connectivity index (χ0) is 15.0. The van der Waals surface area contributed by atoms with Crippen molar-refractivity contribution in [3.05, 3.63) is 42.0 Å². The Morgan fingerprint density at radius 2 is 1.80 bits per heavy atom. The minimum absolute atomic E-state index is 0.335. The SMILES string of the molecule is CCc1cc(OS(=O)(=O)C(F)(F)F)cc2ccccc12. The second-order valence-corrected chi connectivity index (χ2v) is 5.68. The molecule has 108 valence electrons. The minimum atomic E-state index is -5.64. The fourth-order valence-electron chi connectivity index (χ4n) is 1.87. The number of halogens is 3. The Morgan fingerprint density at radius 3 is 2.40 bits per heavy atom. The van der Waals surface area contributed by atoms with Gasteiger partial charge in [-0.05, 0) is 34.9 Å². The van der Waals surface area contributed by atoms with Gasteiger partial charge in [0, 0.05) is 0 Å². The van der Waals surface area contributed by atoms with Gasteiger partial charge >= 0.3 is 15.6 Å². The van der Waals surface area contributed by atoms with Crippen molar-refractivity contribution < 1.29 is 25.8 Å². The summed E-state index contributed by atoms with van der Waals surface area (Å²) in [5, 5.41) is 1.48. The van der Waals surface area contributed by atoms with Gasteiger partial charge < -0.3 is 4.18 Å². The summed E-state index contributed by atoms with van der Waals surface area (Å²) in [5.74, 6) is -0.335. The molecule has 20 heavy (non-hydrogen) atoms. The Kier molecular flexibility index (Phi) is 3.64. The highest BCUT2D eigenvalue weighted by molar-refractivity contribution is 7.88. The summed E-state index contributed by atoms with van der Waals surface area (Å²) in [6.07, 6.45) is 0.545. The van der Waals surface area contributed by atoms with Crippen molar-refractivity contribution in [1.29, 1.82) is 0 Å². The fourth-order valence-corrected chi connectivity index (χ4v) is 2.32. The number of rotatable bonds is 3. The zero-order valence-corrected chi connectivity index (χ0v) is 11.3. The molecule has 0 saturated carbocycles. The van der Waals surface area contributed by atoms with Crippen LogP contribution in [0.2, 0.25) is 0 Å². The molecule has 0 atom stereocenters. The van der Waals surface area contributed by atoms with Crippen LogP contribution in [0, 0.1) is 0 Å². The van der Waals surface area contributed by atoms with E-state index < -0.39 is 15.6 Å². The molecule has 0 aliphatic rings. The normalized spacial score (nSPS) is 12.6. The molecule has 0 N–H and O–H groups in total. The van der Waals surface area contributed by atoms with Gasteiger partial charge in [0.15, 0.2) is 0 Å². The second kappa shape index (κ2) is 4.97. The molecule has 0 bridgehead atoms. The number of fused-ring (bicyclic) bond motifs is 1. The highest BCUT2D eigenvalue weighted by Crippen LogP contribution is 2.30. The van der Waals surface area contributed by atoms with Crippen LogP contribution >= 0.6 is 0 Å². The third-order valence-electron chi connectivity index (χ3n) is 2.79. The first-order valence-corrected chi connectivity index (χ1v) is 7.18. The van der Waals surface area contributed by atoms with Gasteiger partial charge in [-0.25, -0.2) is 0 Å². The van der Waals surface area contributed by atoms with E-state index in [1.165, 1.54) is 12.1 Å². The Morgan fingerprint density at radius 1 is 1.15 bits per heavy atom. The number of hydrogen-bond acceptors (Lipinski definition) is 3. The maximum atomic E-state index is 12.3. The lowest BCUT2D eigenvalue weighted by Crippen LogP contribution is -2.28. The average molecular weight is 304 g/mol. The molecule has 0 aromatic heterocycles. The molecular weight excluding hydrogens is 293 g/mol. The van der Waals surface area contributed by atoms with E-state index in [1.54, 1.807) is 18.2 Å². The van der Waals surface area contributed by atoms with E-state index in [0.29, 0.717) is 11.8 Å². The summed E-state index contributed by atoms with van der Waals surface area (Å²) in [7, 11) is -5.64. The first-order valence-electron chi connectivity index (χ1n) is 5.77. The van der Waals surface area contributed by atoms with Crippen LogP contribution < -0.4 is 4.18 Å². The van der Waals surface area contributed by atoms with Crippen molar-refractivity contribution in [2.75, 3.05) is 0 Å². The molecule has 2 aromatic carbocycles. The quantitative estimate of drug-likeness (QED) is 0.642. The maximum Gasteiger partial charge on any atom is 0.534 e. The molecular formula is C13H11F3O3S. The molecule has 0 unspecified atom stereocenters. The van der Waals surface area contributed by atoms with Gasteiger partial charge in [-0.1, -0.05) is 31.2 Å². The third kappa shape index (κ3) is 2.72. The Hall–Kier alpha value is -1.76. The van der Waals surface area contributed by atoms with Crippen molar-refractivity contribution in [1.82, 2.24) is 0 Å². The van der Waals surface area contributed by atoms with Crippen LogP contribution in [0.5, 0.6) is 5.75 Å². The largest absolute Gasteiger partial charge is 0.534 e. The van der Waals surface area contributed by atoms with Gasteiger partial charge in [0.05, 0.1) is 0 Å². The zero-order valence-electron chi connectivity index (χ0n) is 10.4. The number of hydrogen-bond donors (Lipinski definition) is 0. The maximum absolute atomic E-state index is 12.3. The monoisotopic (exact) mass is 304 g/mol. The molecule has 0 radical (unpaired) electrons. The van der Waals surface area contributed by atoms with E-state index in [9.17, 15) is 21.6 Å². The van der Waals surface area contributed by atoms with Crippen LogP contribution in [-0.4, -0.2) is 13.9 Å². The topological polar surface area (TPSA) is 43.4 Å². The summed E-state index contributed by atoms with van der Waals surface area (Å²) < 4.78 is 63.1. The van der Waals surface area contributed by atoms with Crippen molar-refractivity contribution >= 4 is 20.9 Å². The molecule has 0 saturated heterocycles. The molecule has 3 nitrogen and oxygen atoms in total. The highest BCUT2D eigenvalue weighted by Gasteiger charge is 2.48. The first-order chi connectivity index (χ1) is 9.24. The van der Waals surface area contributed by atoms with E-state index >= 15 is 0 Å². The number of alkyl halides is 3. The van der Waals surface area contributed by atoms with Crippen LogP contribution in [0.4, 0.5) is 13.2 Å². The molecule has 0 heterocycles. The van der Waals surface area contributed by atoms with Crippen LogP contribution in [0.25, 0.3) is 10.8 Å². The summed E-state index contributed by atoms with van der Waals surface area (Å²) in [6.45, 7) is 1.82. The predicted octanol–water partition coefficient (Wildman–Crippen LogP) is 3.63. The molecule has 0 spiro atoms. The van der Waals surface area contributed by atoms with Crippen molar-refractivity contribution in [3.63, 3.8) is 0 Å². The van der Waals surface area contributed by atoms with Gasteiger partial charge in [-0.2, -0.15) is 21.6 Å². The first kappa shape index (κ1) is 14.6. The third-order valence-corrected chi connectivity index (χ3v) is 3.77. The second-order valence-electron chi connectivity index (χ2n) is 4.14. The van der Waals surface area contributed by atoms with E-state index in [2.05, 4.69) is 4.18 Å². The van der Waals surface area contributed by atoms with Gasteiger partial charge in [0.1, 0.15) is 5.75 Å². The Balaban J connectivity index is 2.52. The van der Waals surface area contributed by atoms with Crippen molar-refractivity contribution in [3.8, 4) is 5.75 Å². The predicted molar refractivity (Wildman–Crippen MR) is 68.9 cm³/mol. The number of benzene rings is 2.